The van der Waals surface area contributed by atoms with Crippen LogP contribution in [-0.2, 0) is 11.2 Å². The standard InChI is InChI=1S/C16H15FO4/c1-20-13-3-2-4-14(10-13)21-15(16(18)19)9-11-5-7-12(17)8-6-11/h2-8,10,15H,9H2,1H3,(H,18,19)/t15-/m1/s1. The molecule has 0 saturated heterocycles. The van der Waals surface area contributed by atoms with Gasteiger partial charge >= 0.3 is 5.97 Å². The first kappa shape index (κ1) is 14.8. The van der Waals surface area contributed by atoms with E-state index >= 15 is 0 Å². The first-order valence-electron chi connectivity index (χ1n) is 6.36. The van der Waals surface area contributed by atoms with Gasteiger partial charge in [0, 0.05) is 12.5 Å². The van der Waals surface area contributed by atoms with Gasteiger partial charge in [-0.25, -0.2) is 9.18 Å². The molecule has 0 aliphatic heterocycles. The summed E-state index contributed by atoms with van der Waals surface area (Å²) in [4.78, 5) is 11.3. The van der Waals surface area contributed by atoms with Crippen LogP contribution in [0.4, 0.5) is 4.39 Å². The number of carboxylic acid groups (broad SMARTS) is 1. The van der Waals surface area contributed by atoms with Gasteiger partial charge < -0.3 is 14.6 Å². The van der Waals surface area contributed by atoms with Gasteiger partial charge in [0.2, 0.25) is 0 Å². The monoisotopic (exact) mass is 290 g/mol. The molecule has 0 unspecified atom stereocenters. The lowest BCUT2D eigenvalue weighted by molar-refractivity contribution is -0.145. The van der Waals surface area contributed by atoms with Gasteiger partial charge in [0.05, 0.1) is 7.11 Å². The molecule has 1 N–H and O–H groups in total. The molecule has 4 nitrogen and oxygen atoms in total. The minimum absolute atomic E-state index is 0.146. The highest BCUT2D eigenvalue weighted by molar-refractivity contribution is 5.73. The van der Waals surface area contributed by atoms with E-state index in [-0.39, 0.29) is 12.2 Å². The van der Waals surface area contributed by atoms with Crippen molar-refractivity contribution < 1.29 is 23.8 Å². The van der Waals surface area contributed by atoms with Crippen LogP contribution < -0.4 is 9.47 Å². The third kappa shape index (κ3) is 4.21. The zero-order valence-electron chi connectivity index (χ0n) is 11.5. The lowest BCUT2D eigenvalue weighted by atomic mass is 10.1. The molecular weight excluding hydrogens is 275 g/mol. The van der Waals surface area contributed by atoms with E-state index in [0.717, 1.165) is 0 Å². The van der Waals surface area contributed by atoms with Crippen LogP contribution in [0.1, 0.15) is 5.56 Å². The summed E-state index contributed by atoms with van der Waals surface area (Å²) in [5, 5.41) is 9.25. The van der Waals surface area contributed by atoms with E-state index in [4.69, 9.17) is 9.47 Å². The molecule has 21 heavy (non-hydrogen) atoms. The number of halogens is 1. The summed E-state index contributed by atoms with van der Waals surface area (Å²) in [6, 6.07) is 12.4. The van der Waals surface area contributed by atoms with Crippen molar-refractivity contribution in [2.75, 3.05) is 7.11 Å². The quantitative estimate of drug-likeness (QED) is 0.888. The van der Waals surface area contributed by atoms with E-state index in [0.29, 0.717) is 17.1 Å². The number of aliphatic carboxylic acids is 1. The molecule has 0 bridgehead atoms. The maximum atomic E-state index is 12.9. The SMILES string of the molecule is COc1cccc(O[C@H](Cc2ccc(F)cc2)C(=O)O)c1. The van der Waals surface area contributed by atoms with Crippen LogP contribution in [0.5, 0.6) is 11.5 Å². The van der Waals surface area contributed by atoms with Crippen molar-refractivity contribution in [3.8, 4) is 11.5 Å². The summed E-state index contributed by atoms with van der Waals surface area (Å²) in [5.41, 5.74) is 0.687. The Morgan fingerprint density at radius 2 is 1.86 bits per heavy atom. The molecule has 5 heteroatoms. The molecule has 0 aliphatic carbocycles. The molecule has 0 aromatic heterocycles. The van der Waals surface area contributed by atoms with Gasteiger partial charge in [0.1, 0.15) is 17.3 Å². The third-order valence-electron chi connectivity index (χ3n) is 2.93. The number of hydrogen-bond donors (Lipinski definition) is 1. The molecule has 1 atom stereocenters. The van der Waals surface area contributed by atoms with Gasteiger partial charge in [-0.15, -0.1) is 0 Å². The van der Waals surface area contributed by atoms with Crippen molar-refractivity contribution in [2.24, 2.45) is 0 Å². The number of hydrogen-bond acceptors (Lipinski definition) is 3. The number of benzene rings is 2. The maximum Gasteiger partial charge on any atom is 0.345 e. The molecule has 0 aliphatic rings. The molecule has 0 saturated carbocycles. The summed E-state index contributed by atoms with van der Waals surface area (Å²) < 4.78 is 23.4. The van der Waals surface area contributed by atoms with Crippen molar-refractivity contribution >= 4 is 5.97 Å². The lowest BCUT2D eigenvalue weighted by Crippen LogP contribution is -2.29. The van der Waals surface area contributed by atoms with E-state index in [9.17, 15) is 14.3 Å². The Morgan fingerprint density at radius 1 is 1.19 bits per heavy atom. The van der Waals surface area contributed by atoms with Gasteiger partial charge in [-0.05, 0) is 29.8 Å². The van der Waals surface area contributed by atoms with Crippen molar-refractivity contribution in [3.63, 3.8) is 0 Å². The summed E-state index contributed by atoms with van der Waals surface area (Å²) >= 11 is 0. The minimum Gasteiger partial charge on any atom is -0.497 e. The van der Waals surface area contributed by atoms with Gasteiger partial charge in [-0.3, -0.25) is 0 Å². The summed E-state index contributed by atoms with van der Waals surface area (Å²) in [5.74, 6) is -0.455. The Kier molecular flexibility index (Phi) is 4.77. The van der Waals surface area contributed by atoms with Crippen LogP contribution in [0.3, 0.4) is 0 Å². The average Bonchev–Trinajstić information content (AvgIpc) is 2.49. The Morgan fingerprint density at radius 3 is 2.48 bits per heavy atom. The Labute approximate surface area is 121 Å². The summed E-state index contributed by atoms with van der Waals surface area (Å²) in [6.45, 7) is 0. The molecule has 0 amide bonds. The smallest absolute Gasteiger partial charge is 0.345 e. The predicted octanol–water partition coefficient (Wildman–Crippen LogP) is 2.91. The van der Waals surface area contributed by atoms with Gasteiger partial charge in [0.15, 0.2) is 6.10 Å². The fraction of sp³-hybridized carbons (Fsp3) is 0.188. The normalized spacial score (nSPS) is 11.7. The minimum atomic E-state index is -1.08. The highest BCUT2D eigenvalue weighted by atomic mass is 19.1. The maximum absolute atomic E-state index is 12.9. The molecule has 2 aromatic rings. The molecule has 110 valence electrons. The average molecular weight is 290 g/mol. The molecule has 2 aromatic carbocycles. The Bertz CT molecular complexity index is 610. The number of carbonyl (C=O) groups is 1. The highest BCUT2D eigenvalue weighted by Gasteiger charge is 2.20. The lowest BCUT2D eigenvalue weighted by Gasteiger charge is -2.15. The van der Waals surface area contributed by atoms with Crippen LogP contribution in [-0.4, -0.2) is 24.3 Å². The number of rotatable bonds is 6. The van der Waals surface area contributed by atoms with E-state index in [2.05, 4.69) is 0 Å². The van der Waals surface area contributed by atoms with Gasteiger partial charge in [-0.2, -0.15) is 0 Å². The Hall–Kier alpha value is -2.56. The van der Waals surface area contributed by atoms with Crippen molar-refractivity contribution in [2.45, 2.75) is 12.5 Å². The Balaban J connectivity index is 2.11. The second kappa shape index (κ2) is 6.74. The number of carboxylic acids is 1. The number of ether oxygens (including phenoxy) is 2. The van der Waals surface area contributed by atoms with Crippen LogP contribution in [0.2, 0.25) is 0 Å². The van der Waals surface area contributed by atoms with E-state index in [1.165, 1.54) is 19.2 Å². The molecular formula is C16H15FO4. The van der Waals surface area contributed by atoms with Crippen LogP contribution in [0, 0.1) is 5.82 Å². The van der Waals surface area contributed by atoms with Crippen LogP contribution >= 0.6 is 0 Å². The molecule has 0 fully saturated rings. The summed E-state index contributed by atoms with van der Waals surface area (Å²) in [7, 11) is 1.52. The van der Waals surface area contributed by atoms with E-state index < -0.39 is 12.1 Å². The van der Waals surface area contributed by atoms with E-state index in [1.54, 1.807) is 36.4 Å². The molecule has 0 radical (unpaired) electrons. The largest absolute Gasteiger partial charge is 0.497 e. The van der Waals surface area contributed by atoms with Crippen LogP contribution in [0.15, 0.2) is 48.5 Å². The van der Waals surface area contributed by atoms with Crippen molar-refractivity contribution in [1.82, 2.24) is 0 Å². The van der Waals surface area contributed by atoms with E-state index in [1.807, 2.05) is 0 Å². The van der Waals surface area contributed by atoms with Crippen molar-refractivity contribution in [1.29, 1.82) is 0 Å². The molecule has 0 heterocycles. The zero-order valence-corrected chi connectivity index (χ0v) is 11.5. The third-order valence-corrected chi connectivity index (χ3v) is 2.93. The second-order valence-electron chi connectivity index (χ2n) is 4.45. The highest BCUT2D eigenvalue weighted by Crippen LogP contribution is 2.21. The fourth-order valence-electron chi connectivity index (χ4n) is 1.85. The zero-order chi connectivity index (χ0) is 15.2. The fourth-order valence-corrected chi connectivity index (χ4v) is 1.85. The van der Waals surface area contributed by atoms with Gasteiger partial charge in [0.25, 0.3) is 0 Å². The first-order valence-corrected chi connectivity index (χ1v) is 6.36. The van der Waals surface area contributed by atoms with Gasteiger partial charge in [-0.1, -0.05) is 18.2 Å². The second-order valence-corrected chi connectivity index (χ2v) is 4.45. The predicted molar refractivity (Wildman–Crippen MR) is 75.1 cm³/mol. The number of methoxy groups -OCH3 is 1. The van der Waals surface area contributed by atoms with Crippen molar-refractivity contribution in [3.05, 3.63) is 59.9 Å². The summed E-state index contributed by atoms with van der Waals surface area (Å²) in [6.07, 6.45) is -0.908. The molecule has 2 rings (SSSR count). The molecule has 0 spiro atoms. The first-order chi connectivity index (χ1) is 10.1. The topological polar surface area (TPSA) is 55.8 Å². The van der Waals surface area contributed by atoms with Crippen LogP contribution in [0.25, 0.3) is 0 Å².